The Bertz CT molecular complexity index is 651. The van der Waals surface area contributed by atoms with Crippen molar-refractivity contribution in [3.05, 3.63) is 0 Å². The summed E-state index contributed by atoms with van der Waals surface area (Å²) in [5.74, 6) is -6.43. The second-order valence-corrected chi connectivity index (χ2v) is 8.96. The highest BCUT2D eigenvalue weighted by molar-refractivity contribution is 7.98. The highest BCUT2D eigenvalue weighted by Crippen LogP contribution is 2.57. The Morgan fingerprint density at radius 3 is 2.38 bits per heavy atom. The molecule has 1 amide bonds. The van der Waals surface area contributed by atoms with Gasteiger partial charge in [-0.25, -0.2) is 13.2 Å². The number of aliphatic carboxylic acids is 2. The quantitative estimate of drug-likeness (QED) is 0.422. The molecular formula is C13H22N2O7S2. The molecule has 1 aliphatic carbocycles. The molecule has 0 aromatic heterocycles. The monoisotopic (exact) mass is 382 g/mol. The summed E-state index contributed by atoms with van der Waals surface area (Å²) in [7, 11) is -3.91. The number of fused-ring (bicyclic) bond motifs is 1. The minimum atomic E-state index is -3.91. The molecule has 1 heterocycles. The standard InChI is InChI=1S/C12H18N2O7S2.CH4/c1-22-3-2-5(13)9(15)14-12(11(18)19)4-23(20,21)8-6(7(8)12)10(16)17;/h5-8H,2-4,13H2,1H3,(H,14,15)(H,16,17)(H,18,19);1H4/t5-,6+,7+,8-,12-;/m0./s1. The summed E-state index contributed by atoms with van der Waals surface area (Å²) in [6.07, 6.45) is 2.12. The van der Waals surface area contributed by atoms with E-state index in [1.807, 2.05) is 6.26 Å². The van der Waals surface area contributed by atoms with Crippen LogP contribution in [0.1, 0.15) is 13.8 Å². The van der Waals surface area contributed by atoms with Gasteiger partial charge in [0.2, 0.25) is 5.91 Å². The van der Waals surface area contributed by atoms with Gasteiger partial charge in [0, 0.05) is 5.92 Å². The lowest BCUT2D eigenvalue weighted by atomic mass is 9.93. The van der Waals surface area contributed by atoms with Crippen molar-refractivity contribution in [1.29, 1.82) is 0 Å². The molecule has 5 N–H and O–H groups in total. The van der Waals surface area contributed by atoms with Crippen LogP contribution in [-0.4, -0.2) is 71.1 Å². The number of carboxylic acids is 2. The topological polar surface area (TPSA) is 164 Å². The van der Waals surface area contributed by atoms with Gasteiger partial charge >= 0.3 is 11.9 Å². The largest absolute Gasteiger partial charge is 0.481 e. The van der Waals surface area contributed by atoms with E-state index in [0.717, 1.165) is 0 Å². The van der Waals surface area contributed by atoms with Gasteiger partial charge in [-0.2, -0.15) is 11.8 Å². The van der Waals surface area contributed by atoms with E-state index in [9.17, 15) is 27.9 Å². The molecule has 1 saturated carbocycles. The average Bonchev–Trinajstić information content (AvgIpc) is 3.15. The average molecular weight is 382 g/mol. The van der Waals surface area contributed by atoms with E-state index in [0.29, 0.717) is 12.2 Å². The van der Waals surface area contributed by atoms with Gasteiger partial charge in [-0.3, -0.25) is 9.59 Å². The van der Waals surface area contributed by atoms with Crippen LogP contribution in [0.5, 0.6) is 0 Å². The third kappa shape index (κ3) is 3.24. The van der Waals surface area contributed by atoms with Crippen molar-refractivity contribution in [3.8, 4) is 0 Å². The first-order valence-electron chi connectivity index (χ1n) is 6.83. The van der Waals surface area contributed by atoms with Gasteiger partial charge < -0.3 is 21.3 Å². The maximum atomic E-state index is 12.1. The minimum Gasteiger partial charge on any atom is -0.481 e. The molecule has 11 heteroatoms. The number of thioether (sulfide) groups is 1. The number of nitrogens with one attached hydrogen (secondary N) is 1. The Balaban J connectivity index is 0.00000288. The van der Waals surface area contributed by atoms with Gasteiger partial charge in [-0.1, -0.05) is 7.43 Å². The molecule has 0 radical (unpaired) electrons. The molecule has 0 aromatic carbocycles. The molecule has 1 saturated heterocycles. The van der Waals surface area contributed by atoms with Crippen molar-refractivity contribution < 1.29 is 33.0 Å². The summed E-state index contributed by atoms with van der Waals surface area (Å²) in [4.78, 5) is 34.9. The minimum absolute atomic E-state index is 0. The maximum absolute atomic E-state index is 12.1. The van der Waals surface area contributed by atoms with Crippen LogP contribution >= 0.6 is 11.8 Å². The summed E-state index contributed by atoms with van der Waals surface area (Å²) < 4.78 is 24.1. The van der Waals surface area contributed by atoms with Crippen LogP contribution in [0.2, 0.25) is 0 Å². The van der Waals surface area contributed by atoms with Crippen LogP contribution in [0.25, 0.3) is 0 Å². The van der Waals surface area contributed by atoms with Crippen molar-refractivity contribution in [1.82, 2.24) is 5.32 Å². The number of carboxylic acid groups (broad SMARTS) is 2. The van der Waals surface area contributed by atoms with Crippen molar-refractivity contribution >= 4 is 39.4 Å². The summed E-state index contributed by atoms with van der Waals surface area (Å²) in [6, 6.07) is -0.984. The van der Waals surface area contributed by atoms with Crippen molar-refractivity contribution in [2.24, 2.45) is 17.6 Å². The number of amides is 1. The van der Waals surface area contributed by atoms with Crippen LogP contribution in [0.3, 0.4) is 0 Å². The second kappa shape index (κ2) is 6.89. The second-order valence-electron chi connectivity index (χ2n) is 5.82. The zero-order valence-electron chi connectivity index (χ0n) is 12.3. The Labute approximate surface area is 144 Å². The molecule has 0 aromatic rings. The van der Waals surface area contributed by atoms with Gasteiger partial charge in [0.25, 0.3) is 0 Å². The molecular weight excluding hydrogens is 360 g/mol. The van der Waals surface area contributed by atoms with Crippen LogP contribution in [-0.2, 0) is 24.2 Å². The van der Waals surface area contributed by atoms with Crippen LogP contribution < -0.4 is 11.1 Å². The van der Waals surface area contributed by atoms with E-state index in [1.165, 1.54) is 11.8 Å². The molecule has 1 aliphatic heterocycles. The molecule has 0 unspecified atom stereocenters. The summed E-state index contributed by atoms with van der Waals surface area (Å²) in [5.41, 5.74) is 3.55. The van der Waals surface area contributed by atoms with Gasteiger partial charge in [-0.15, -0.1) is 0 Å². The normalized spacial score (nSPS) is 33.7. The van der Waals surface area contributed by atoms with Crippen molar-refractivity contribution in [2.75, 3.05) is 17.8 Å². The van der Waals surface area contributed by atoms with E-state index >= 15 is 0 Å². The molecule has 0 bridgehead atoms. The number of rotatable bonds is 7. The van der Waals surface area contributed by atoms with Gasteiger partial charge in [-0.05, 0) is 18.4 Å². The summed E-state index contributed by atoms with van der Waals surface area (Å²) >= 11 is 1.46. The van der Waals surface area contributed by atoms with Crippen molar-refractivity contribution in [3.63, 3.8) is 0 Å². The Morgan fingerprint density at radius 1 is 1.38 bits per heavy atom. The van der Waals surface area contributed by atoms with E-state index in [1.54, 1.807) is 0 Å². The summed E-state index contributed by atoms with van der Waals surface area (Å²) in [6.45, 7) is 0. The first-order valence-corrected chi connectivity index (χ1v) is 9.93. The fraction of sp³-hybridized carbons (Fsp3) is 0.769. The van der Waals surface area contributed by atoms with Crippen molar-refractivity contribution in [2.45, 2.75) is 30.7 Å². The lowest BCUT2D eigenvalue weighted by Crippen LogP contribution is -2.61. The zero-order valence-corrected chi connectivity index (χ0v) is 13.9. The molecule has 24 heavy (non-hydrogen) atoms. The molecule has 2 aliphatic rings. The van der Waals surface area contributed by atoms with Gasteiger partial charge in [0.1, 0.15) is 0 Å². The predicted molar refractivity (Wildman–Crippen MR) is 88.4 cm³/mol. The smallest absolute Gasteiger partial charge is 0.330 e. The molecule has 9 nitrogen and oxygen atoms in total. The summed E-state index contributed by atoms with van der Waals surface area (Å²) in [5, 5.41) is 19.5. The Kier molecular flexibility index (Phi) is 5.94. The number of hydrogen-bond acceptors (Lipinski definition) is 7. The lowest BCUT2D eigenvalue weighted by Gasteiger charge is -2.28. The van der Waals surface area contributed by atoms with E-state index in [2.05, 4.69) is 5.32 Å². The number of hydrogen-bond donors (Lipinski definition) is 4. The van der Waals surface area contributed by atoms with E-state index in [-0.39, 0.29) is 7.43 Å². The highest BCUT2D eigenvalue weighted by Gasteiger charge is 2.79. The van der Waals surface area contributed by atoms with Crippen LogP contribution in [0.4, 0.5) is 0 Å². The number of sulfone groups is 1. The highest BCUT2D eigenvalue weighted by atomic mass is 32.2. The Hall–Kier alpha value is -1.33. The fourth-order valence-corrected chi connectivity index (χ4v) is 6.38. The Morgan fingerprint density at radius 2 is 1.96 bits per heavy atom. The maximum Gasteiger partial charge on any atom is 0.330 e. The zero-order chi connectivity index (χ0) is 17.6. The van der Waals surface area contributed by atoms with E-state index < -0.39 is 62.1 Å². The van der Waals surface area contributed by atoms with Gasteiger partial charge in [0.15, 0.2) is 15.4 Å². The molecule has 2 fully saturated rings. The predicted octanol–water partition coefficient (Wildman–Crippen LogP) is -1.23. The van der Waals surface area contributed by atoms with E-state index in [4.69, 9.17) is 10.8 Å². The molecule has 5 atom stereocenters. The van der Waals surface area contributed by atoms with Gasteiger partial charge in [0.05, 0.1) is 23.0 Å². The molecule has 0 spiro atoms. The fourth-order valence-electron chi connectivity index (χ4n) is 3.19. The molecule has 138 valence electrons. The number of carbonyl (C=O) groups excluding carboxylic acids is 1. The SMILES string of the molecule is C.CSCC[C@H](N)C(=O)N[C@@]1(C(=O)O)CS(=O)(=O)[C@H]2[C@H](C(=O)O)[C@H]21. The third-order valence-corrected chi connectivity index (χ3v) is 7.27. The first kappa shape index (κ1) is 20.7. The number of nitrogens with two attached hydrogens (primary N) is 1. The van der Waals surface area contributed by atoms with Crippen LogP contribution in [0.15, 0.2) is 0 Å². The third-order valence-electron chi connectivity index (χ3n) is 4.35. The number of carbonyl (C=O) groups is 3. The molecule has 2 rings (SSSR count). The first-order chi connectivity index (χ1) is 10.6. The van der Waals surface area contributed by atoms with Crippen LogP contribution in [0, 0.1) is 11.8 Å². The lowest BCUT2D eigenvalue weighted by molar-refractivity contribution is -0.148.